The van der Waals surface area contributed by atoms with Crippen molar-refractivity contribution in [2.45, 2.75) is 33.6 Å². The maximum absolute atomic E-state index is 11.2. The summed E-state index contributed by atoms with van der Waals surface area (Å²) < 4.78 is 0. The summed E-state index contributed by atoms with van der Waals surface area (Å²) in [6.07, 6.45) is 1.70. The Hall–Kier alpha value is -1.68. The van der Waals surface area contributed by atoms with Crippen molar-refractivity contribution in [1.82, 2.24) is 4.98 Å². The number of thiazole rings is 1. The largest absolute Gasteiger partial charge is 0.477 e. The molecule has 0 amide bonds. The molecular weight excluding hydrogens is 270 g/mol. The third-order valence-corrected chi connectivity index (χ3v) is 4.21. The van der Waals surface area contributed by atoms with Crippen LogP contribution in [-0.2, 0) is 12.8 Å². The molecule has 0 aliphatic heterocycles. The number of hydrogen-bond acceptors (Lipinski definition) is 3. The van der Waals surface area contributed by atoms with Crippen LogP contribution in [0.25, 0.3) is 10.6 Å². The summed E-state index contributed by atoms with van der Waals surface area (Å²) >= 11 is 1.25. The van der Waals surface area contributed by atoms with Crippen LogP contribution in [0.1, 0.15) is 41.7 Å². The van der Waals surface area contributed by atoms with Gasteiger partial charge in [-0.05, 0) is 24.3 Å². The van der Waals surface area contributed by atoms with Crippen LogP contribution in [0.3, 0.4) is 0 Å². The number of rotatable bonds is 5. The summed E-state index contributed by atoms with van der Waals surface area (Å²) in [6, 6.07) is 8.26. The van der Waals surface area contributed by atoms with Gasteiger partial charge in [-0.15, -0.1) is 11.3 Å². The predicted molar refractivity (Wildman–Crippen MR) is 82.4 cm³/mol. The van der Waals surface area contributed by atoms with E-state index in [0.717, 1.165) is 17.0 Å². The Labute approximate surface area is 123 Å². The van der Waals surface area contributed by atoms with Crippen molar-refractivity contribution in [1.29, 1.82) is 0 Å². The lowest BCUT2D eigenvalue weighted by atomic mass is 10.0. The smallest absolute Gasteiger partial charge is 0.347 e. The van der Waals surface area contributed by atoms with Crippen molar-refractivity contribution in [2.75, 3.05) is 0 Å². The van der Waals surface area contributed by atoms with Crippen LogP contribution in [0, 0.1) is 5.92 Å². The Kier molecular flexibility index (Phi) is 4.55. The molecule has 1 heterocycles. The molecule has 0 atom stereocenters. The van der Waals surface area contributed by atoms with E-state index >= 15 is 0 Å². The first kappa shape index (κ1) is 14.7. The lowest BCUT2D eigenvalue weighted by Crippen LogP contribution is -1.97. The molecule has 0 fully saturated rings. The van der Waals surface area contributed by atoms with E-state index in [1.54, 1.807) is 0 Å². The average Bonchev–Trinajstić information content (AvgIpc) is 2.83. The van der Waals surface area contributed by atoms with Crippen molar-refractivity contribution in [2.24, 2.45) is 5.92 Å². The summed E-state index contributed by atoms with van der Waals surface area (Å²) in [5.74, 6) is -0.256. The van der Waals surface area contributed by atoms with E-state index in [0.29, 0.717) is 22.9 Å². The lowest BCUT2D eigenvalue weighted by molar-refractivity contribution is 0.0701. The highest BCUT2D eigenvalue weighted by atomic mass is 32.1. The highest BCUT2D eigenvalue weighted by Gasteiger charge is 2.16. The normalized spacial score (nSPS) is 11.0. The fourth-order valence-electron chi connectivity index (χ4n) is 2.14. The van der Waals surface area contributed by atoms with E-state index < -0.39 is 5.97 Å². The molecular formula is C16H19NO2S. The monoisotopic (exact) mass is 289 g/mol. The molecule has 2 aromatic rings. The Bertz CT molecular complexity index is 599. The second kappa shape index (κ2) is 6.18. The fourth-order valence-corrected chi connectivity index (χ4v) is 3.13. The van der Waals surface area contributed by atoms with Crippen LogP contribution in [0.2, 0.25) is 0 Å². The summed E-state index contributed by atoms with van der Waals surface area (Å²) in [5.41, 5.74) is 2.96. The number of hydrogen-bond donors (Lipinski definition) is 1. The van der Waals surface area contributed by atoms with E-state index in [-0.39, 0.29) is 0 Å². The number of aromatic nitrogens is 1. The van der Waals surface area contributed by atoms with Gasteiger partial charge in [-0.3, -0.25) is 0 Å². The Balaban J connectivity index is 2.29. The average molecular weight is 289 g/mol. The number of aromatic carboxylic acids is 1. The third-order valence-electron chi connectivity index (χ3n) is 3.07. The minimum atomic E-state index is -0.887. The van der Waals surface area contributed by atoms with Gasteiger partial charge in [-0.25, -0.2) is 9.78 Å². The number of carboxylic acid groups (broad SMARTS) is 1. The first-order valence-electron chi connectivity index (χ1n) is 6.83. The molecule has 0 spiro atoms. The summed E-state index contributed by atoms with van der Waals surface area (Å²) in [5, 5.41) is 9.96. The minimum Gasteiger partial charge on any atom is -0.477 e. The molecule has 4 heteroatoms. The zero-order valence-corrected chi connectivity index (χ0v) is 12.8. The molecule has 0 bridgehead atoms. The van der Waals surface area contributed by atoms with E-state index in [4.69, 9.17) is 0 Å². The maximum Gasteiger partial charge on any atom is 0.347 e. The first-order valence-corrected chi connectivity index (χ1v) is 7.65. The summed E-state index contributed by atoms with van der Waals surface area (Å²) in [7, 11) is 0. The van der Waals surface area contributed by atoms with Crippen molar-refractivity contribution in [3.63, 3.8) is 0 Å². The molecule has 1 N–H and O–H groups in total. The first-order chi connectivity index (χ1) is 9.51. The Morgan fingerprint density at radius 1 is 1.30 bits per heavy atom. The lowest BCUT2D eigenvalue weighted by Gasteiger charge is -2.05. The van der Waals surface area contributed by atoms with Crippen LogP contribution in [0.5, 0.6) is 0 Å². The van der Waals surface area contributed by atoms with Gasteiger partial charge < -0.3 is 5.11 Å². The van der Waals surface area contributed by atoms with Crippen molar-refractivity contribution < 1.29 is 9.90 Å². The van der Waals surface area contributed by atoms with Gasteiger partial charge in [-0.2, -0.15) is 0 Å². The highest BCUT2D eigenvalue weighted by molar-refractivity contribution is 7.17. The Morgan fingerprint density at radius 2 is 1.95 bits per heavy atom. The fraction of sp³-hybridized carbons (Fsp3) is 0.375. The Morgan fingerprint density at radius 3 is 2.40 bits per heavy atom. The van der Waals surface area contributed by atoms with E-state index in [1.165, 1.54) is 16.9 Å². The molecule has 1 aromatic heterocycles. The van der Waals surface area contributed by atoms with Crippen molar-refractivity contribution >= 4 is 17.3 Å². The zero-order valence-electron chi connectivity index (χ0n) is 12.0. The second-order valence-corrected chi connectivity index (χ2v) is 6.25. The van der Waals surface area contributed by atoms with Gasteiger partial charge >= 0.3 is 5.97 Å². The maximum atomic E-state index is 11.2. The van der Waals surface area contributed by atoms with Crippen molar-refractivity contribution in [3.05, 3.63) is 40.4 Å². The van der Waals surface area contributed by atoms with Crippen LogP contribution in [0.4, 0.5) is 0 Å². The van der Waals surface area contributed by atoms with Crippen LogP contribution in [0.15, 0.2) is 24.3 Å². The van der Waals surface area contributed by atoms with Gasteiger partial charge in [0, 0.05) is 5.56 Å². The quantitative estimate of drug-likeness (QED) is 0.894. The predicted octanol–water partition coefficient (Wildman–Crippen LogP) is 4.27. The summed E-state index contributed by atoms with van der Waals surface area (Å²) in [6.45, 7) is 6.32. The van der Waals surface area contributed by atoms with Gasteiger partial charge in [0.2, 0.25) is 0 Å². The van der Waals surface area contributed by atoms with Gasteiger partial charge in [0.05, 0.1) is 5.69 Å². The van der Waals surface area contributed by atoms with Crippen molar-refractivity contribution in [3.8, 4) is 10.6 Å². The molecule has 1 aromatic carbocycles. The number of aryl methyl sites for hydroxylation is 1. The van der Waals surface area contributed by atoms with Gasteiger partial charge in [0.1, 0.15) is 9.88 Å². The molecule has 20 heavy (non-hydrogen) atoms. The topological polar surface area (TPSA) is 50.2 Å². The minimum absolute atomic E-state index is 0.355. The molecule has 0 aliphatic rings. The van der Waals surface area contributed by atoms with E-state index in [2.05, 4.69) is 31.0 Å². The molecule has 0 radical (unpaired) electrons. The molecule has 0 unspecified atom stereocenters. The molecule has 2 rings (SSSR count). The number of carboxylic acids is 1. The molecule has 3 nitrogen and oxygen atoms in total. The van der Waals surface area contributed by atoms with E-state index in [9.17, 15) is 9.90 Å². The van der Waals surface area contributed by atoms with E-state index in [1.807, 2.05) is 19.1 Å². The van der Waals surface area contributed by atoms with Gasteiger partial charge in [-0.1, -0.05) is 45.0 Å². The SMILES string of the molecule is CCc1nc(-c2ccc(CC(C)C)cc2)sc1C(=O)O. The van der Waals surface area contributed by atoms with Gasteiger partial charge in [0.25, 0.3) is 0 Å². The molecule has 0 saturated heterocycles. The summed E-state index contributed by atoms with van der Waals surface area (Å²) in [4.78, 5) is 16.0. The third kappa shape index (κ3) is 3.25. The number of carbonyl (C=O) groups is 1. The highest BCUT2D eigenvalue weighted by Crippen LogP contribution is 2.29. The van der Waals surface area contributed by atoms with Gasteiger partial charge in [0.15, 0.2) is 0 Å². The second-order valence-electron chi connectivity index (χ2n) is 5.25. The van der Waals surface area contributed by atoms with Crippen LogP contribution >= 0.6 is 11.3 Å². The molecule has 106 valence electrons. The number of benzene rings is 1. The molecule has 0 aliphatic carbocycles. The van der Waals surface area contributed by atoms with Crippen LogP contribution < -0.4 is 0 Å². The zero-order chi connectivity index (χ0) is 14.7. The standard InChI is InChI=1S/C16H19NO2S/c1-4-13-14(16(18)19)20-15(17-13)12-7-5-11(6-8-12)9-10(2)3/h5-8,10H,4,9H2,1-3H3,(H,18,19). The molecule has 0 saturated carbocycles. The number of nitrogens with zero attached hydrogens (tertiary/aromatic N) is 1. The van der Waals surface area contributed by atoms with Crippen LogP contribution in [-0.4, -0.2) is 16.1 Å².